The molecule has 0 aliphatic carbocycles. The molecular formula is C21H25ClN2O2. The first kappa shape index (κ1) is 20.0. The monoisotopic (exact) mass is 372 g/mol. The molecule has 0 bridgehead atoms. The Kier molecular flexibility index (Phi) is 6.43. The van der Waals surface area contributed by atoms with Gasteiger partial charge in [0, 0.05) is 6.92 Å². The van der Waals surface area contributed by atoms with Gasteiger partial charge in [-0.3, -0.25) is 9.59 Å². The maximum Gasteiger partial charge on any atom is 0.244 e. The number of halogens is 1. The van der Waals surface area contributed by atoms with Gasteiger partial charge in [-0.05, 0) is 55.5 Å². The maximum absolute atomic E-state index is 12.6. The molecule has 0 atom stereocenters. The molecule has 0 aromatic heterocycles. The van der Waals surface area contributed by atoms with Gasteiger partial charge in [-0.15, -0.1) is 0 Å². The van der Waals surface area contributed by atoms with Crippen LogP contribution in [0.1, 0.15) is 36.1 Å². The first-order valence-corrected chi connectivity index (χ1v) is 9.05. The first-order chi connectivity index (χ1) is 12.2. The zero-order chi connectivity index (χ0) is 19.4. The van der Waals surface area contributed by atoms with E-state index in [2.05, 4.69) is 5.32 Å². The molecule has 2 amide bonds. The fourth-order valence-corrected chi connectivity index (χ4v) is 3.50. The van der Waals surface area contributed by atoms with Crippen LogP contribution in [0.25, 0.3) is 0 Å². The normalized spacial score (nSPS) is 10.5. The van der Waals surface area contributed by atoms with Gasteiger partial charge in [-0.2, -0.15) is 0 Å². The summed E-state index contributed by atoms with van der Waals surface area (Å²) in [5.74, 6) is -0.449. The van der Waals surface area contributed by atoms with E-state index in [0.717, 1.165) is 34.4 Å². The highest BCUT2D eigenvalue weighted by Crippen LogP contribution is 2.28. The SMILES string of the molecule is CCc1cccc(C)c1N(CC(=O)Nc1c(C)cc(C)cc1Cl)C(C)=O. The van der Waals surface area contributed by atoms with E-state index in [1.807, 2.05) is 58.0 Å². The van der Waals surface area contributed by atoms with Crippen molar-refractivity contribution in [2.75, 3.05) is 16.8 Å². The van der Waals surface area contributed by atoms with Gasteiger partial charge < -0.3 is 10.2 Å². The molecule has 0 radical (unpaired) electrons. The van der Waals surface area contributed by atoms with Crippen molar-refractivity contribution < 1.29 is 9.59 Å². The van der Waals surface area contributed by atoms with Crippen LogP contribution in [0.3, 0.4) is 0 Å². The zero-order valence-electron chi connectivity index (χ0n) is 15.9. The average molecular weight is 373 g/mol. The van der Waals surface area contributed by atoms with Crippen LogP contribution in [0.2, 0.25) is 5.02 Å². The predicted molar refractivity (Wildman–Crippen MR) is 108 cm³/mol. The molecule has 0 aliphatic heterocycles. The molecule has 2 aromatic carbocycles. The van der Waals surface area contributed by atoms with Crippen molar-refractivity contribution in [1.82, 2.24) is 0 Å². The lowest BCUT2D eigenvalue weighted by molar-refractivity contribution is -0.120. The van der Waals surface area contributed by atoms with Crippen LogP contribution in [0.5, 0.6) is 0 Å². The van der Waals surface area contributed by atoms with Crippen molar-refractivity contribution in [2.24, 2.45) is 0 Å². The number of para-hydroxylation sites is 1. The van der Waals surface area contributed by atoms with Crippen LogP contribution in [0.15, 0.2) is 30.3 Å². The number of benzene rings is 2. The number of carbonyl (C=O) groups excluding carboxylic acids is 2. The molecule has 0 spiro atoms. The molecule has 0 saturated carbocycles. The Morgan fingerprint density at radius 3 is 2.38 bits per heavy atom. The van der Waals surface area contributed by atoms with Crippen molar-refractivity contribution in [1.29, 1.82) is 0 Å². The lowest BCUT2D eigenvalue weighted by atomic mass is 10.0. The number of amides is 2. The number of hydrogen-bond donors (Lipinski definition) is 1. The minimum absolute atomic E-state index is 0.0587. The quantitative estimate of drug-likeness (QED) is 0.818. The second kappa shape index (κ2) is 8.37. The predicted octanol–water partition coefficient (Wildman–Crippen LogP) is 4.82. The third-order valence-electron chi connectivity index (χ3n) is 4.35. The van der Waals surface area contributed by atoms with Gasteiger partial charge in [0.25, 0.3) is 0 Å². The average Bonchev–Trinajstić information content (AvgIpc) is 2.55. The standard InChI is InChI=1S/C21H25ClN2O2/c1-6-17-9-7-8-14(3)21(17)24(16(5)25)12-19(26)23-20-15(4)10-13(2)11-18(20)22/h7-11H,6,12H2,1-5H3,(H,23,26). The van der Waals surface area contributed by atoms with E-state index < -0.39 is 0 Å². The Morgan fingerprint density at radius 2 is 1.81 bits per heavy atom. The summed E-state index contributed by atoms with van der Waals surface area (Å²) in [5.41, 5.74) is 5.33. The van der Waals surface area contributed by atoms with Gasteiger partial charge >= 0.3 is 0 Å². The van der Waals surface area contributed by atoms with Gasteiger partial charge in [0.1, 0.15) is 6.54 Å². The Bertz CT molecular complexity index is 823. The van der Waals surface area contributed by atoms with Gasteiger partial charge in [0.05, 0.1) is 16.4 Å². The number of hydrogen-bond acceptors (Lipinski definition) is 2. The molecule has 0 heterocycles. The summed E-state index contributed by atoms with van der Waals surface area (Å²) in [6.45, 7) is 9.25. The van der Waals surface area contributed by atoms with E-state index in [1.165, 1.54) is 11.8 Å². The first-order valence-electron chi connectivity index (χ1n) is 8.67. The number of nitrogens with zero attached hydrogens (tertiary/aromatic N) is 1. The third-order valence-corrected chi connectivity index (χ3v) is 4.65. The summed E-state index contributed by atoms with van der Waals surface area (Å²) in [6.07, 6.45) is 0.783. The smallest absolute Gasteiger partial charge is 0.244 e. The van der Waals surface area contributed by atoms with Crippen LogP contribution < -0.4 is 10.2 Å². The largest absolute Gasteiger partial charge is 0.323 e. The van der Waals surface area contributed by atoms with E-state index in [1.54, 1.807) is 0 Å². The van der Waals surface area contributed by atoms with Gasteiger partial charge in [-0.25, -0.2) is 0 Å². The molecule has 4 nitrogen and oxygen atoms in total. The number of aryl methyl sites for hydroxylation is 4. The lowest BCUT2D eigenvalue weighted by Gasteiger charge is -2.25. The molecule has 0 aliphatic rings. The minimum atomic E-state index is -0.278. The summed E-state index contributed by atoms with van der Waals surface area (Å²) in [5, 5.41) is 3.35. The molecule has 0 unspecified atom stereocenters. The molecule has 1 N–H and O–H groups in total. The second-order valence-electron chi connectivity index (χ2n) is 6.53. The van der Waals surface area contributed by atoms with Crippen molar-refractivity contribution >= 4 is 34.8 Å². The van der Waals surface area contributed by atoms with Crippen LogP contribution in [-0.2, 0) is 16.0 Å². The van der Waals surface area contributed by atoms with Crippen molar-refractivity contribution in [3.63, 3.8) is 0 Å². The number of anilines is 2. The van der Waals surface area contributed by atoms with E-state index in [-0.39, 0.29) is 18.4 Å². The molecule has 138 valence electrons. The summed E-state index contributed by atoms with van der Waals surface area (Å²) in [6, 6.07) is 9.66. The van der Waals surface area contributed by atoms with Gasteiger partial charge in [0.15, 0.2) is 0 Å². The highest BCUT2D eigenvalue weighted by Gasteiger charge is 2.21. The Morgan fingerprint density at radius 1 is 1.12 bits per heavy atom. The van der Waals surface area contributed by atoms with Crippen molar-refractivity contribution in [3.05, 3.63) is 57.6 Å². The van der Waals surface area contributed by atoms with Crippen molar-refractivity contribution in [3.8, 4) is 0 Å². The summed E-state index contributed by atoms with van der Waals surface area (Å²) < 4.78 is 0. The van der Waals surface area contributed by atoms with Crippen LogP contribution in [0.4, 0.5) is 11.4 Å². The van der Waals surface area contributed by atoms with E-state index in [0.29, 0.717) is 10.7 Å². The summed E-state index contributed by atoms with van der Waals surface area (Å²) in [7, 11) is 0. The van der Waals surface area contributed by atoms with Gasteiger partial charge in [-0.1, -0.05) is 42.8 Å². The zero-order valence-corrected chi connectivity index (χ0v) is 16.7. The van der Waals surface area contributed by atoms with Crippen LogP contribution in [-0.4, -0.2) is 18.4 Å². The molecule has 0 saturated heterocycles. The summed E-state index contributed by atoms with van der Waals surface area (Å²) >= 11 is 6.27. The molecule has 0 fully saturated rings. The van der Waals surface area contributed by atoms with Gasteiger partial charge in [0.2, 0.25) is 11.8 Å². The minimum Gasteiger partial charge on any atom is -0.323 e. The Labute approximate surface area is 160 Å². The fourth-order valence-electron chi connectivity index (χ4n) is 3.14. The second-order valence-corrected chi connectivity index (χ2v) is 6.94. The third kappa shape index (κ3) is 4.44. The molecule has 2 aromatic rings. The van der Waals surface area contributed by atoms with E-state index >= 15 is 0 Å². The summed E-state index contributed by atoms with van der Waals surface area (Å²) in [4.78, 5) is 26.4. The number of nitrogens with one attached hydrogen (secondary N) is 1. The molecular weight excluding hydrogens is 348 g/mol. The maximum atomic E-state index is 12.6. The Hall–Kier alpha value is -2.33. The van der Waals surface area contributed by atoms with Crippen molar-refractivity contribution in [2.45, 2.75) is 41.0 Å². The van der Waals surface area contributed by atoms with E-state index in [4.69, 9.17) is 11.6 Å². The fraction of sp³-hybridized carbons (Fsp3) is 0.333. The Balaban J connectivity index is 2.30. The molecule has 5 heteroatoms. The lowest BCUT2D eigenvalue weighted by Crippen LogP contribution is -2.37. The molecule has 26 heavy (non-hydrogen) atoms. The van der Waals surface area contributed by atoms with Crippen LogP contribution in [0, 0.1) is 20.8 Å². The molecule has 2 rings (SSSR count). The number of carbonyl (C=O) groups is 2. The van der Waals surface area contributed by atoms with E-state index in [9.17, 15) is 9.59 Å². The van der Waals surface area contributed by atoms with Crippen LogP contribution >= 0.6 is 11.6 Å². The highest BCUT2D eigenvalue weighted by atomic mass is 35.5. The topological polar surface area (TPSA) is 49.4 Å². The highest BCUT2D eigenvalue weighted by molar-refractivity contribution is 6.34. The number of rotatable bonds is 5.